The highest BCUT2D eigenvalue weighted by molar-refractivity contribution is 5.80. The van der Waals surface area contributed by atoms with Gasteiger partial charge < -0.3 is 19.9 Å². The van der Waals surface area contributed by atoms with Crippen LogP contribution >= 0.6 is 0 Å². The third-order valence-corrected chi connectivity index (χ3v) is 2.60. The molecule has 0 aromatic heterocycles. The number of hydrogen-bond acceptors (Lipinski definition) is 3. The number of guanidine groups is 1. The Bertz CT molecular complexity index is 341. The van der Waals surface area contributed by atoms with Crippen molar-refractivity contribution in [2.24, 2.45) is 4.99 Å². The lowest BCUT2D eigenvalue weighted by molar-refractivity contribution is 0.00687. The molecule has 1 N–H and O–H groups in total. The maximum atomic E-state index is 11.8. The molecule has 6 heteroatoms. The first kappa shape index (κ1) is 15.6. The van der Waals surface area contributed by atoms with Gasteiger partial charge in [-0.15, -0.1) is 0 Å². The van der Waals surface area contributed by atoms with Crippen molar-refractivity contribution in [1.29, 1.82) is 0 Å². The zero-order valence-electron chi connectivity index (χ0n) is 12.9. The first-order valence-corrected chi connectivity index (χ1v) is 6.69. The van der Waals surface area contributed by atoms with E-state index in [0.717, 1.165) is 12.5 Å². The number of carbonyl (C=O) groups excluding carboxylic acids is 1. The summed E-state index contributed by atoms with van der Waals surface area (Å²) in [5.41, 5.74) is -0.436. The van der Waals surface area contributed by atoms with E-state index in [9.17, 15) is 4.79 Å². The number of aliphatic imine (C=N–C) groups is 1. The lowest BCUT2D eigenvalue weighted by Crippen LogP contribution is -2.62. The van der Waals surface area contributed by atoms with Crippen LogP contribution in [0.1, 0.15) is 27.7 Å². The number of hydrogen-bond donors (Lipinski definition) is 1. The Morgan fingerprint density at radius 1 is 1.42 bits per heavy atom. The van der Waals surface area contributed by atoms with Crippen molar-refractivity contribution in [3.63, 3.8) is 0 Å². The Morgan fingerprint density at radius 2 is 2.00 bits per heavy atom. The molecule has 1 heterocycles. The molecular weight excluding hydrogens is 244 g/mol. The van der Waals surface area contributed by atoms with Gasteiger partial charge in [-0.05, 0) is 27.7 Å². The maximum absolute atomic E-state index is 11.8. The molecule has 0 bridgehead atoms. The second kappa shape index (κ2) is 6.12. The van der Waals surface area contributed by atoms with E-state index in [1.807, 2.05) is 46.7 Å². The molecule has 0 radical (unpaired) electrons. The quantitative estimate of drug-likeness (QED) is 0.604. The van der Waals surface area contributed by atoms with Crippen molar-refractivity contribution < 1.29 is 9.53 Å². The highest BCUT2D eigenvalue weighted by atomic mass is 16.6. The van der Waals surface area contributed by atoms with Crippen LogP contribution in [0.25, 0.3) is 0 Å². The van der Waals surface area contributed by atoms with Crippen molar-refractivity contribution in [2.45, 2.75) is 39.3 Å². The van der Waals surface area contributed by atoms with Gasteiger partial charge in [-0.3, -0.25) is 4.99 Å². The average Bonchev–Trinajstić information content (AvgIpc) is 2.17. The normalized spacial score (nSPS) is 16.9. The highest BCUT2D eigenvalue weighted by Crippen LogP contribution is 2.15. The lowest BCUT2D eigenvalue weighted by Gasteiger charge is -2.41. The van der Waals surface area contributed by atoms with Gasteiger partial charge in [0.15, 0.2) is 5.96 Å². The molecule has 0 saturated carbocycles. The van der Waals surface area contributed by atoms with Crippen LogP contribution in [0.3, 0.4) is 0 Å². The highest BCUT2D eigenvalue weighted by Gasteiger charge is 2.34. The number of likely N-dealkylation sites (tertiary alicyclic amines) is 1. The number of ether oxygens (including phenoxy) is 1. The summed E-state index contributed by atoms with van der Waals surface area (Å²) in [5.74, 6) is 0.858. The minimum atomic E-state index is -0.436. The predicted molar refractivity (Wildman–Crippen MR) is 76.4 cm³/mol. The predicted octanol–water partition coefficient (Wildman–Crippen LogP) is 1.13. The van der Waals surface area contributed by atoms with Crippen LogP contribution in [0.4, 0.5) is 4.79 Å². The molecule has 0 aromatic carbocycles. The second-order valence-corrected chi connectivity index (χ2v) is 5.92. The first-order valence-electron chi connectivity index (χ1n) is 6.69. The fraction of sp³-hybridized carbons (Fsp3) is 0.846. The van der Waals surface area contributed by atoms with Gasteiger partial charge in [0.1, 0.15) is 5.60 Å². The minimum Gasteiger partial charge on any atom is -0.444 e. The Kier molecular flexibility index (Phi) is 5.03. The van der Waals surface area contributed by atoms with Gasteiger partial charge in [-0.25, -0.2) is 4.79 Å². The lowest BCUT2D eigenvalue weighted by atomic mass is 10.1. The number of carbonyl (C=O) groups is 1. The number of amides is 1. The van der Waals surface area contributed by atoms with Crippen LogP contribution in [-0.4, -0.2) is 67.2 Å². The van der Waals surface area contributed by atoms with E-state index >= 15 is 0 Å². The molecule has 1 amide bonds. The van der Waals surface area contributed by atoms with Crippen molar-refractivity contribution in [3.8, 4) is 0 Å². The molecule has 1 saturated heterocycles. The molecule has 19 heavy (non-hydrogen) atoms. The van der Waals surface area contributed by atoms with Crippen LogP contribution in [0.15, 0.2) is 4.99 Å². The molecule has 110 valence electrons. The summed E-state index contributed by atoms with van der Waals surface area (Å²) in [5, 5.41) is 3.33. The summed E-state index contributed by atoms with van der Waals surface area (Å²) in [6.07, 6.45) is -0.246. The summed E-state index contributed by atoms with van der Waals surface area (Å²) in [6.45, 7) is 9.67. The molecule has 0 aliphatic carbocycles. The Labute approximate surface area is 115 Å². The van der Waals surface area contributed by atoms with Gasteiger partial charge in [-0.1, -0.05) is 0 Å². The summed E-state index contributed by atoms with van der Waals surface area (Å²) in [4.78, 5) is 19.8. The van der Waals surface area contributed by atoms with Gasteiger partial charge in [0.25, 0.3) is 0 Å². The molecule has 0 spiro atoms. The van der Waals surface area contributed by atoms with Crippen molar-refractivity contribution >= 4 is 12.1 Å². The average molecular weight is 270 g/mol. The summed E-state index contributed by atoms with van der Waals surface area (Å²) >= 11 is 0. The molecule has 1 rings (SSSR count). The molecule has 1 aliphatic heterocycles. The summed E-state index contributed by atoms with van der Waals surface area (Å²) < 4.78 is 5.31. The smallest absolute Gasteiger partial charge is 0.410 e. The van der Waals surface area contributed by atoms with E-state index in [-0.39, 0.29) is 12.1 Å². The third kappa shape index (κ3) is 4.96. The zero-order chi connectivity index (χ0) is 14.6. The van der Waals surface area contributed by atoms with E-state index in [4.69, 9.17) is 4.74 Å². The Morgan fingerprint density at radius 3 is 2.42 bits per heavy atom. The van der Waals surface area contributed by atoms with Crippen LogP contribution in [0.5, 0.6) is 0 Å². The summed E-state index contributed by atoms with van der Waals surface area (Å²) in [7, 11) is 3.90. The van der Waals surface area contributed by atoms with E-state index in [1.165, 1.54) is 0 Å². The maximum Gasteiger partial charge on any atom is 0.410 e. The topological polar surface area (TPSA) is 57.2 Å². The fourth-order valence-electron chi connectivity index (χ4n) is 1.69. The molecule has 0 unspecified atom stereocenters. The van der Waals surface area contributed by atoms with Gasteiger partial charge in [0.05, 0.1) is 6.04 Å². The zero-order valence-corrected chi connectivity index (χ0v) is 12.9. The molecule has 0 aromatic rings. The van der Waals surface area contributed by atoms with Crippen LogP contribution in [-0.2, 0) is 4.74 Å². The summed E-state index contributed by atoms with van der Waals surface area (Å²) in [6, 6.07) is 0.250. The first-order chi connectivity index (χ1) is 8.73. The largest absolute Gasteiger partial charge is 0.444 e. The van der Waals surface area contributed by atoms with Crippen molar-refractivity contribution in [3.05, 3.63) is 0 Å². The standard InChI is InChI=1S/C13H26N4O2/c1-7-14-11(16(5)6)15-10-8-17(9-10)12(18)19-13(2,3)4/h10H,7-9H2,1-6H3,(H,14,15). The number of nitrogens with zero attached hydrogens (tertiary/aromatic N) is 3. The second-order valence-electron chi connectivity index (χ2n) is 5.92. The molecule has 1 aliphatic rings. The van der Waals surface area contributed by atoms with Crippen LogP contribution < -0.4 is 5.32 Å². The van der Waals surface area contributed by atoms with Gasteiger partial charge in [0.2, 0.25) is 0 Å². The van der Waals surface area contributed by atoms with Crippen molar-refractivity contribution in [2.75, 3.05) is 33.7 Å². The van der Waals surface area contributed by atoms with Gasteiger partial charge in [0, 0.05) is 33.7 Å². The molecule has 6 nitrogen and oxygen atoms in total. The minimum absolute atomic E-state index is 0.246. The van der Waals surface area contributed by atoms with E-state index < -0.39 is 5.60 Å². The monoisotopic (exact) mass is 270 g/mol. The number of rotatable bonds is 2. The molecular formula is C13H26N4O2. The van der Waals surface area contributed by atoms with E-state index in [0.29, 0.717) is 13.1 Å². The van der Waals surface area contributed by atoms with Crippen molar-refractivity contribution in [1.82, 2.24) is 15.1 Å². The molecule has 0 atom stereocenters. The van der Waals surface area contributed by atoms with E-state index in [2.05, 4.69) is 10.3 Å². The fourth-order valence-corrected chi connectivity index (χ4v) is 1.69. The Hall–Kier alpha value is -1.46. The number of nitrogens with one attached hydrogen (secondary N) is 1. The Balaban J connectivity index is 2.38. The van der Waals surface area contributed by atoms with Crippen LogP contribution in [0.2, 0.25) is 0 Å². The van der Waals surface area contributed by atoms with E-state index in [1.54, 1.807) is 4.90 Å². The SMILES string of the molecule is CCN=C(NC1CN(C(=O)OC(C)(C)C)C1)N(C)C. The van der Waals surface area contributed by atoms with Gasteiger partial charge in [-0.2, -0.15) is 0 Å². The van der Waals surface area contributed by atoms with Crippen LogP contribution in [0, 0.1) is 0 Å². The van der Waals surface area contributed by atoms with Gasteiger partial charge >= 0.3 is 6.09 Å². The third-order valence-electron chi connectivity index (χ3n) is 2.60. The molecule has 1 fully saturated rings.